The molecule has 1 N–H and O–H groups in total. The van der Waals surface area contributed by atoms with Crippen molar-refractivity contribution in [3.05, 3.63) is 12.3 Å². The zero-order chi connectivity index (χ0) is 11.5. The second-order valence-corrected chi connectivity index (χ2v) is 4.74. The minimum absolute atomic E-state index is 0.00641. The zero-order valence-electron chi connectivity index (χ0n) is 9.94. The smallest absolute Gasteiger partial charge is 0.228 e. The molecule has 1 aromatic rings. The fourth-order valence-electron chi connectivity index (χ4n) is 2.12. The molecule has 4 nitrogen and oxygen atoms in total. The first-order valence-corrected chi connectivity index (χ1v) is 6.03. The van der Waals surface area contributed by atoms with Crippen LogP contribution in [0.1, 0.15) is 45.6 Å². The number of nitrogens with one attached hydrogen (secondary N) is 1. The molecule has 1 aliphatic carbocycles. The van der Waals surface area contributed by atoms with Crippen molar-refractivity contribution in [2.24, 2.45) is 5.92 Å². The number of carbonyl (C=O) groups excluding carboxylic acids is 1. The molecule has 16 heavy (non-hydrogen) atoms. The molecule has 0 spiro atoms. The third-order valence-electron chi connectivity index (χ3n) is 3.12. The molecule has 0 atom stereocenters. The van der Waals surface area contributed by atoms with E-state index < -0.39 is 0 Å². The van der Waals surface area contributed by atoms with Crippen molar-refractivity contribution in [2.45, 2.75) is 45.6 Å². The second kappa shape index (κ2) is 4.68. The normalized spacial score (nSPS) is 16.9. The Kier molecular flexibility index (Phi) is 3.27. The molecule has 0 saturated heterocycles. The molecule has 0 bridgehead atoms. The van der Waals surface area contributed by atoms with E-state index in [9.17, 15) is 4.79 Å². The lowest BCUT2D eigenvalue weighted by atomic mass is 10.2. The van der Waals surface area contributed by atoms with Gasteiger partial charge in [0.25, 0.3) is 0 Å². The lowest BCUT2D eigenvalue weighted by Crippen LogP contribution is -2.21. The molecule has 0 unspecified atom stereocenters. The highest BCUT2D eigenvalue weighted by atomic mass is 16.1. The van der Waals surface area contributed by atoms with Crippen molar-refractivity contribution < 1.29 is 4.79 Å². The average molecular weight is 221 g/mol. The molecular weight excluding hydrogens is 202 g/mol. The zero-order valence-corrected chi connectivity index (χ0v) is 9.94. The Morgan fingerprint density at radius 2 is 2.19 bits per heavy atom. The van der Waals surface area contributed by atoms with Gasteiger partial charge < -0.3 is 5.32 Å². The van der Waals surface area contributed by atoms with Gasteiger partial charge >= 0.3 is 0 Å². The van der Waals surface area contributed by atoms with E-state index in [1.165, 1.54) is 25.7 Å². The minimum atomic E-state index is 0.00641. The van der Waals surface area contributed by atoms with E-state index >= 15 is 0 Å². The molecule has 1 amide bonds. The van der Waals surface area contributed by atoms with Gasteiger partial charge in [-0.3, -0.25) is 4.79 Å². The third-order valence-corrected chi connectivity index (χ3v) is 3.12. The SMILES string of the molecule is CC(C)C(=O)Nc1ccnn1C1CCCC1. The van der Waals surface area contributed by atoms with E-state index in [0.29, 0.717) is 6.04 Å². The van der Waals surface area contributed by atoms with Crippen LogP contribution in [-0.2, 0) is 4.79 Å². The average Bonchev–Trinajstić information content (AvgIpc) is 2.85. The van der Waals surface area contributed by atoms with Gasteiger partial charge in [-0.25, -0.2) is 4.68 Å². The Hall–Kier alpha value is -1.32. The molecule has 4 heteroatoms. The van der Waals surface area contributed by atoms with Gasteiger partial charge in [-0.05, 0) is 12.8 Å². The highest BCUT2D eigenvalue weighted by molar-refractivity contribution is 5.91. The standard InChI is InChI=1S/C12H19N3O/c1-9(2)12(16)14-11-7-8-13-15(11)10-5-3-4-6-10/h7-10H,3-6H2,1-2H3,(H,14,16). The van der Waals surface area contributed by atoms with Crippen molar-refractivity contribution in [2.75, 3.05) is 5.32 Å². The third kappa shape index (κ3) is 2.26. The van der Waals surface area contributed by atoms with Crippen LogP contribution in [-0.4, -0.2) is 15.7 Å². The van der Waals surface area contributed by atoms with Crippen molar-refractivity contribution in [3.8, 4) is 0 Å². The van der Waals surface area contributed by atoms with Gasteiger partial charge in [0.15, 0.2) is 0 Å². The van der Waals surface area contributed by atoms with Crippen LogP contribution in [0.4, 0.5) is 5.82 Å². The molecule has 2 rings (SSSR count). The lowest BCUT2D eigenvalue weighted by Gasteiger charge is -2.15. The first kappa shape index (κ1) is 11.2. The van der Waals surface area contributed by atoms with Crippen molar-refractivity contribution >= 4 is 11.7 Å². The molecule has 0 aromatic carbocycles. The van der Waals surface area contributed by atoms with Crippen LogP contribution in [0.15, 0.2) is 12.3 Å². The van der Waals surface area contributed by atoms with Crippen LogP contribution in [0.2, 0.25) is 0 Å². The van der Waals surface area contributed by atoms with E-state index in [0.717, 1.165) is 5.82 Å². The number of aromatic nitrogens is 2. The summed E-state index contributed by atoms with van der Waals surface area (Å²) < 4.78 is 1.97. The fraction of sp³-hybridized carbons (Fsp3) is 0.667. The van der Waals surface area contributed by atoms with E-state index in [-0.39, 0.29) is 11.8 Å². The first-order chi connectivity index (χ1) is 7.68. The van der Waals surface area contributed by atoms with Crippen molar-refractivity contribution in [1.82, 2.24) is 9.78 Å². The van der Waals surface area contributed by atoms with E-state index in [2.05, 4.69) is 10.4 Å². The summed E-state index contributed by atoms with van der Waals surface area (Å²) in [6.45, 7) is 3.79. The molecule has 1 saturated carbocycles. The highest BCUT2D eigenvalue weighted by Gasteiger charge is 2.20. The molecule has 1 aliphatic rings. The van der Waals surface area contributed by atoms with Gasteiger partial charge in [-0.2, -0.15) is 5.10 Å². The largest absolute Gasteiger partial charge is 0.311 e. The van der Waals surface area contributed by atoms with Crippen LogP contribution >= 0.6 is 0 Å². The maximum atomic E-state index is 11.6. The summed E-state index contributed by atoms with van der Waals surface area (Å²) in [5.74, 6) is 0.900. The van der Waals surface area contributed by atoms with Gasteiger partial charge in [0, 0.05) is 12.0 Å². The Bertz CT molecular complexity index is 364. The van der Waals surface area contributed by atoms with Crippen LogP contribution < -0.4 is 5.32 Å². The van der Waals surface area contributed by atoms with Gasteiger partial charge in [-0.15, -0.1) is 0 Å². The molecular formula is C12H19N3O. The quantitative estimate of drug-likeness (QED) is 0.852. The van der Waals surface area contributed by atoms with Gasteiger partial charge in [-0.1, -0.05) is 26.7 Å². The van der Waals surface area contributed by atoms with Crippen LogP contribution in [0, 0.1) is 5.92 Å². The van der Waals surface area contributed by atoms with E-state index in [4.69, 9.17) is 0 Å². The summed E-state index contributed by atoms with van der Waals surface area (Å²) in [7, 11) is 0. The van der Waals surface area contributed by atoms with E-state index in [1.807, 2.05) is 24.6 Å². The van der Waals surface area contributed by atoms with Gasteiger partial charge in [0.2, 0.25) is 5.91 Å². The van der Waals surface area contributed by atoms with Crippen LogP contribution in [0.25, 0.3) is 0 Å². The summed E-state index contributed by atoms with van der Waals surface area (Å²) >= 11 is 0. The molecule has 0 radical (unpaired) electrons. The Labute approximate surface area is 96.0 Å². The Morgan fingerprint density at radius 3 is 2.81 bits per heavy atom. The first-order valence-electron chi connectivity index (χ1n) is 6.03. The van der Waals surface area contributed by atoms with Gasteiger partial charge in [0.1, 0.15) is 5.82 Å². The van der Waals surface area contributed by atoms with Gasteiger partial charge in [0.05, 0.1) is 12.2 Å². The lowest BCUT2D eigenvalue weighted by molar-refractivity contribution is -0.118. The second-order valence-electron chi connectivity index (χ2n) is 4.74. The number of rotatable bonds is 3. The highest BCUT2D eigenvalue weighted by Crippen LogP contribution is 2.31. The predicted molar refractivity (Wildman–Crippen MR) is 63.2 cm³/mol. The number of amides is 1. The number of anilines is 1. The fourth-order valence-corrected chi connectivity index (χ4v) is 2.12. The number of hydrogen-bond donors (Lipinski definition) is 1. The molecule has 1 heterocycles. The molecule has 1 aromatic heterocycles. The summed E-state index contributed by atoms with van der Waals surface area (Å²) in [4.78, 5) is 11.6. The number of hydrogen-bond acceptors (Lipinski definition) is 2. The molecule has 1 fully saturated rings. The monoisotopic (exact) mass is 221 g/mol. The minimum Gasteiger partial charge on any atom is -0.311 e. The van der Waals surface area contributed by atoms with Crippen molar-refractivity contribution in [3.63, 3.8) is 0 Å². The van der Waals surface area contributed by atoms with Crippen LogP contribution in [0.5, 0.6) is 0 Å². The maximum Gasteiger partial charge on any atom is 0.228 e. The Balaban J connectivity index is 2.09. The number of carbonyl (C=O) groups is 1. The Morgan fingerprint density at radius 1 is 1.50 bits per heavy atom. The maximum absolute atomic E-state index is 11.6. The summed E-state index contributed by atoms with van der Waals surface area (Å²) in [6, 6.07) is 2.34. The summed E-state index contributed by atoms with van der Waals surface area (Å²) in [5.41, 5.74) is 0. The summed E-state index contributed by atoms with van der Waals surface area (Å²) in [5, 5.41) is 7.24. The topological polar surface area (TPSA) is 46.9 Å². The van der Waals surface area contributed by atoms with Crippen LogP contribution in [0.3, 0.4) is 0 Å². The van der Waals surface area contributed by atoms with E-state index in [1.54, 1.807) is 6.20 Å². The molecule has 0 aliphatic heterocycles. The summed E-state index contributed by atoms with van der Waals surface area (Å²) in [6.07, 6.45) is 6.64. The molecule has 88 valence electrons. The van der Waals surface area contributed by atoms with Crippen molar-refractivity contribution in [1.29, 1.82) is 0 Å². The number of nitrogens with zero attached hydrogens (tertiary/aromatic N) is 2. The predicted octanol–water partition coefficient (Wildman–Crippen LogP) is 2.59.